The van der Waals surface area contributed by atoms with Crippen molar-refractivity contribution >= 4 is 62.2 Å². The lowest BCUT2D eigenvalue weighted by Crippen LogP contribution is -2.30. The lowest BCUT2D eigenvalue weighted by Gasteiger charge is -2.12. The monoisotopic (exact) mass is 429 g/mol. The SMILES string of the molecule is CCCOc1ccc(Br)cc1C=C1SC(=S)N(CCC(=O)O)C1=O. The van der Waals surface area contributed by atoms with E-state index in [1.165, 1.54) is 16.7 Å². The third kappa shape index (κ3) is 4.81. The minimum atomic E-state index is -0.963. The van der Waals surface area contributed by atoms with E-state index in [0.29, 0.717) is 21.6 Å². The van der Waals surface area contributed by atoms with Gasteiger partial charge in [0.25, 0.3) is 5.91 Å². The third-order valence-electron chi connectivity index (χ3n) is 3.14. The van der Waals surface area contributed by atoms with Gasteiger partial charge in [-0.1, -0.05) is 46.8 Å². The van der Waals surface area contributed by atoms with Crippen LogP contribution in [0.2, 0.25) is 0 Å². The predicted octanol–water partition coefficient (Wildman–Crippen LogP) is 3.91. The first-order chi connectivity index (χ1) is 11.4. The van der Waals surface area contributed by atoms with E-state index < -0.39 is 5.97 Å². The molecular weight excluding hydrogens is 414 g/mol. The van der Waals surface area contributed by atoms with Crippen LogP contribution < -0.4 is 4.74 Å². The Kier molecular flexibility index (Phi) is 6.82. The van der Waals surface area contributed by atoms with Crippen LogP contribution in [0.1, 0.15) is 25.3 Å². The molecule has 128 valence electrons. The lowest BCUT2D eigenvalue weighted by atomic mass is 10.2. The van der Waals surface area contributed by atoms with Crippen molar-refractivity contribution in [2.75, 3.05) is 13.2 Å². The molecule has 1 N–H and O–H groups in total. The van der Waals surface area contributed by atoms with Crippen LogP contribution in [0.4, 0.5) is 0 Å². The fourth-order valence-electron chi connectivity index (χ4n) is 2.02. The van der Waals surface area contributed by atoms with Crippen LogP contribution in [-0.4, -0.2) is 39.4 Å². The van der Waals surface area contributed by atoms with E-state index in [4.69, 9.17) is 22.1 Å². The number of benzene rings is 1. The molecule has 0 aromatic heterocycles. The van der Waals surface area contributed by atoms with E-state index in [1.807, 2.05) is 25.1 Å². The van der Waals surface area contributed by atoms with E-state index in [-0.39, 0.29) is 18.9 Å². The zero-order chi connectivity index (χ0) is 17.7. The summed E-state index contributed by atoms with van der Waals surface area (Å²) >= 11 is 9.77. The zero-order valence-electron chi connectivity index (χ0n) is 13.0. The average Bonchev–Trinajstić information content (AvgIpc) is 2.78. The summed E-state index contributed by atoms with van der Waals surface area (Å²) in [6, 6.07) is 5.59. The van der Waals surface area contributed by atoms with Gasteiger partial charge in [-0.15, -0.1) is 0 Å². The Balaban J connectivity index is 2.25. The second kappa shape index (κ2) is 8.64. The molecule has 0 atom stereocenters. The molecule has 5 nitrogen and oxygen atoms in total. The van der Waals surface area contributed by atoms with Crippen molar-refractivity contribution in [3.63, 3.8) is 0 Å². The summed E-state index contributed by atoms with van der Waals surface area (Å²) in [6.45, 7) is 2.68. The van der Waals surface area contributed by atoms with E-state index in [1.54, 1.807) is 6.08 Å². The van der Waals surface area contributed by atoms with Crippen molar-refractivity contribution < 1.29 is 19.4 Å². The molecule has 0 aliphatic carbocycles. The van der Waals surface area contributed by atoms with Crippen LogP contribution in [0.5, 0.6) is 5.75 Å². The third-order valence-corrected chi connectivity index (χ3v) is 5.01. The lowest BCUT2D eigenvalue weighted by molar-refractivity contribution is -0.137. The highest BCUT2D eigenvalue weighted by Gasteiger charge is 2.32. The molecule has 24 heavy (non-hydrogen) atoms. The molecule has 8 heteroatoms. The molecule has 1 aromatic carbocycles. The number of ether oxygens (including phenoxy) is 1. The highest BCUT2D eigenvalue weighted by Crippen LogP contribution is 2.35. The van der Waals surface area contributed by atoms with E-state index in [2.05, 4.69) is 15.9 Å². The Morgan fingerprint density at radius 2 is 2.25 bits per heavy atom. The second-order valence-electron chi connectivity index (χ2n) is 5.01. The van der Waals surface area contributed by atoms with E-state index in [0.717, 1.165) is 16.5 Å². The van der Waals surface area contributed by atoms with Crippen LogP contribution in [0, 0.1) is 0 Å². The van der Waals surface area contributed by atoms with Crippen molar-refractivity contribution in [3.8, 4) is 5.75 Å². The van der Waals surface area contributed by atoms with Gasteiger partial charge in [0.05, 0.1) is 17.9 Å². The molecule has 1 saturated heterocycles. The second-order valence-corrected chi connectivity index (χ2v) is 7.60. The summed E-state index contributed by atoms with van der Waals surface area (Å²) in [5, 5.41) is 8.77. The van der Waals surface area contributed by atoms with Crippen molar-refractivity contribution in [2.24, 2.45) is 0 Å². The fraction of sp³-hybridized carbons (Fsp3) is 0.312. The quantitative estimate of drug-likeness (QED) is 0.523. The topological polar surface area (TPSA) is 66.8 Å². The van der Waals surface area contributed by atoms with Crippen molar-refractivity contribution in [1.82, 2.24) is 4.90 Å². The van der Waals surface area contributed by atoms with Crippen LogP contribution >= 0.6 is 39.9 Å². The first-order valence-corrected chi connectivity index (χ1v) is 9.33. The van der Waals surface area contributed by atoms with E-state index in [9.17, 15) is 9.59 Å². The van der Waals surface area contributed by atoms with Gasteiger partial charge in [-0.2, -0.15) is 0 Å². The van der Waals surface area contributed by atoms with Gasteiger partial charge in [0.1, 0.15) is 10.1 Å². The normalized spacial score (nSPS) is 16.1. The number of hydrogen-bond acceptors (Lipinski definition) is 5. The molecule has 0 unspecified atom stereocenters. The summed E-state index contributed by atoms with van der Waals surface area (Å²) in [6.07, 6.45) is 2.48. The molecule has 0 bridgehead atoms. The molecule has 1 aliphatic rings. The number of hydrogen-bond donors (Lipinski definition) is 1. The highest BCUT2D eigenvalue weighted by atomic mass is 79.9. The number of nitrogens with zero attached hydrogens (tertiary/aromatic N) is 1. The van der Waals surface area contributed by atoms with E-state index >= 15 is 0 Å². The maximum absolute atomic E-state index is 12.4. The minimum Gasteiger partial charge on any atom is -0.493 e. The van der Waals surface area contributed by atoms with Gasteiger partial charge in [0, 0.05) is 16.6 Å². The number of halogens is 1. The summed E-state index contributed by atoms with van der Waals surface area (Å²) < 4.78 is 6.96. The number of thioether (sulfide) groups is 1. The van der Waals surface area contributed by atoms with Crippen molar-refractivity contribution in [2.45, 2.75) is 19.8 Å². The molecule has 1 aliphatic heterocycles. The molecule has 2 rings (SSSR count). The number of carbonyl (C=O) groups excluding carboxylic acids is 1. The number of aliphatic carboxylic acids is 1. The molecule has 1 heterocycles. The molecular formula is C16H16BrNO4S2. The summed E-state index contributed by atoms with van der Waals surface area (Å²) in [5.74, 6) is -0.543. The number of carboxylic acid groups (broad SMARTS) is 1. The zero-order valence-corrected chi connectivity index (χ0v) is 16.2. The van der Waals surface area contributed by atoms with Crippen LogP contribution in [-0.2, 0) is 9.59 Å². The summed E-state index contributed by atoms with van der Waals surface area (Å²) in [5.41, 5.74) is 0.775. The largest absolute Gasteiger partial charge is 0.493 e. The molecule has 1 fully saturated rings. The van der Waals surface area contributed by atoms with Crippen LogP contribution in [0.3, 0.4) is 0 Å². The smallest absolute Gasteiger partial charge is 0.305 e. The summed E-state index contributed by atoms with van der Waals surface area (Å²) in [4.78, 5) is 24.9. The fourth-order valence-corrected chi connectivity index (χ4v) is 3.70. The van der Waals surface area contributed by atoms with Crippen LogP contribution in [0.15, 0.2) is 27.6 Å². The number of rotatable bonds is 7. The first kappa shape index (κ1) is 19.0. The van der Waals surface area contributed by atoms with Gasteiger partial charge < -0.3 is 9.84 Å². The average molecular weight is 430 g/mol. The Bertz CT molecular complexity index is 705. The molecule has 0 saturated carbocycles. The number of carbonyl (C=O) groups is 2. The number of carboxylic acids is 1. The summed E-state index contributed by atoms with van der Waals surface area (Å²) in [7, 11) is 0. The maximum atomic E-state index is 12.4. The van der Waals surface area contributed by atoms with Gasteiger partial charge in [0.15, 0.2) is 0 Å². The Morgan fingerprint density at radius 3 is 2.92 bits per heavy atom. The van der Waals surface area contributed by atoms with Gasteiger partial charge in [-0.25, -0.2) is 0 Å². The van der Waals surface area contributed by atoms with Crippen LogP contribution in [0.25, 0.3) is 6.08 Å². The van der Waals surface area contributed by atoms with Gasteiger partial charge in [-0.05, 0) is 30.7 Å². The molecule has 0 radical (unpaired) electrons. The Labute approximate surface area is 158 Å². The Hall–Kier alpha value is -1.38. The maximum Gasteiger partial charge on any atom is 0.305 e. The van der Waals surface area contributed by atoms with Gasteiger partial charge >= 0.3 is 5.97 Å². The molecule has 1 amide bonds. The highest BCUT2D eigenvalue weighted by molar-refractivity contribution is 9.10. The van der Waals surface area contributed by atoms with Gasteiger partial charge in [-0.3, -0.25) is 14.5 Å². The van der Waals surface area contributed by atoms with Crippen molar-refractivity contribution in [3.05, 3.63) is 33.1 Å². The molecule has 0 spiro atoms. The first-order valence-electron chi connectivity index (χ1n) is 7.32. The predicted molar refractivity (Wildman–Crippen MR) is 102 cm³/mol. The molecule has 1 aromatic rings. The Morgan fingerprint density at radius 1 is 1.50 bits per heavy atom. The van der Waals surface area contributed by atoms with Crippen molar-refractivity contribution in [1.29, 1.82) is 0 Å². The standard InChI is InChI=1S/C16H16BrNO4S2/c1-2-7-22-12-4-3-11(17)8-10(12)9-13-15(21)18(16(23)24-13)6-5-14(19)20/h3-4,8-9H,2,5-7H2,1H3,(H,19,20). The number of amides is 1. The number of thiocarbonyl (C=S) groups is 1. The van der Waals surface area contributed by atoms with Gasteiger partial charge in [0.2, 0.25) is 0 Å². The minimum absolute atomic E-state index is 0.0784.